The molecule has 1 aromatic rings. The smallest absolute Gasteiger partial charge is 0.122 e. The van der Waals surface area contributed by atoms with Crippen LogP contribution in [0, 0.1) is 0 Å². The molecule has 0 bridgehead atoms. The molecule has 0 atom stereocenters. The molecule has 1 rings (SSSR count). The van der Waals surface area contributed by atoms with E-state index in [9.17, 15) is 0 Å². The summed E-state index contributed by atoms with van der Waals surface area (Å²) in [5.74, 6) is 0.384. The Kier molecular flexibility index (Phi) is 4.21. The van der Waals surface area contributed by atoms with E-state index in [2.05, 4.69) is 15.9 Å². The van der Waals surface area contributed by atoms with E-state index in [1.54, 1.807) is 12.1 Å². The zero-order chi connectivity index (χ0) is 10.1. The highest BCUT2D eigenvalue weighted by molar-refractivity contribution is 9.10. The molecule has 5 heteroatoms. The van der Waals surface area contributed by atoms with E-state index in [0.717, 1.165) is 10.0 Å². The molecule has 0 aliphatic rings. The normalized spacial score (nSPS) is 11.8. The largest absolute Gasteiger partial charge is 0.216 e. The fraction of sp³-hybridized carbons (Fsp3) is 0.250. The molecule has 0 nitrogen and oxygen atoms in total. The fourth-order valence-corrected chi connectivity index (χ4v) is 1.98. The first kappa shape index (κ1) is 11.9. The van der Waals surface area contributed by atoms with Gasteiger partial charge >= 0.3 is 0 Å². The molecule has 0 aromatic heterocycles. The maximum atomic E-state index is 5.71. The van der Waals surface area contributed by atoms with Gasteiger partial charge in [0, 0.05) is 15.9 Å². The Labute approximate surface area is 105 Å². The minimum atomic E-state index is -1.39. The number of alkyl halides is 4. The van der Waals surface area contributed by atoms with Gasteiger partial charge in [-0.3, -0.25) is 0 Å². The Morgan fingerprint density at radius 1 is 1.23 bits per heavy atom. The molecule has 72 valence electrons. The van der Waals surface area contributed by atoms with Crippen LogP contribution in [-0.2, 0) is 9.67 Å². The summed E-state index contributed by atoms with van der Waals surface area (Å²) in [5, 5.41) is 0. The molecular weight excluding hydrogens is 318 g/mol. The second kappa shape index (κ2) is 4.59. The lowest BCUT2D eigenvalue weighted by atomic mass is 10.1. The van der Waals surface area contributed by atoms with Crippen LogP contribution in [0.4, 0.5) is 0 Å². The summed E-state index contributed by atoms with van der Waals surface area (Å²) in [6, 6.07) is 5.33. The minimum absolute atomic E-state index is 0.384. The summed E-state index contributed by atoms with van der Waals surface area (Å²) >= 11 is 26.2. The highest BCUT2D eigenvalue weighted by Gasteiger charge is 2.23. The van der Waals surface area contributed by atoms with Crippen molar-refractivity contribution in [2.75, 3.05) is 0 Å². The molecule has 0 aliphatic heterocycles. The van der Waals surface area contributed by atoms with Gasteiger partial charge in [0.05, 0.1) is 0 Å². The topological polar surface area (TPSA) is 0 Å². The predicted molar refractivity (Wildman–Crippen MR) is 62.9 cm³/mol. The maximum absolute atomic E-state index is 5.71. The number of rotatable bonds is 1. The quantitative estimate of drug-likeness (QED) is 0.637. The number of halogens is 5. The Hall–Kier alpha value is 0.860. The molecule has 0 radical (unpaired) electrons. The second-order valence-electron chi connectivity index (χ2n) is 2.44. The van der Waals surface area contributed by atoms with Crippen molar-refractivity contribution >= 4 is 62.3 Å². The van der Waals surface area contributed by atoms with Gasteiger partial charge in [-0.15, -0.1) is 11.6 Å². The van der Waals surface area contributed by atoms with Crippen LogP contribution in [0.3, 0.4) is 0 Å². The van der Waals surface area contributed by atoms with Crippen LogP contribution in [0.5, 0.6) is 0 Å². The first-order valence-electron chi connectivity index (χ1n) is 3.36. The van der Waals surface area contributed by atoms with Crippen molar-refractivity contribution in [3.63, 3.8) is 0 Å². The van der Waals surface area contributed by atoms with Gasteiger partial charge in [0.1, 0.15) is 0 Å². The molecule has 0 N–H and O–H groups in total. The minimum Gasteiger partial charge on any atom is -0.122 e. The number of benzene rings is 1. The van der Waals surface area contributed by atoms with Crippen molar-refractivity contribution < 1.29 is 0 Å². The second-order valence-corrected chi connectivity index (χ2v) is 5.84. The van der Waals surface area contributed by atoms with Gasteiger partial charge < -0.3 is 0 Å². The Balaban J connectivity index is 3.14. The number of hydrogen-bond acceptors (Lipinski definition) is 0. The molecule has 0 saturated heterocycles. The van der Waals surface area contributed by atoms with Gasteiger partial charge in [0.25, 0.3) is 0 Å². The highest BCUT2D eigenvalue weighted by atomic mass is 79.9. The van der Waals surface area contributed by atoms with E-state index in [1.807, 2.05) is 6.07 Å². The van der Waals surface area contributed by atoms with Gasteiger partial charge in [0.2, 0.25) is 3.79 Å². The van der Waals surface area contributed by atoms with Crippen LogP contribution >= 0.6 is 62.3 Å². The Bertz CT molecular complexity index is 306. The lowest BCUT2D eigenvalue weighted by molar-refractivity contribution is 1.20. The van der Waals surface area contributed by atoms with Crippen molar-refractivity contribution in [1.29, 1.82) is 0 Å². The summed E-state index contributed by atoms with van der Waals surface area (Å²) in [7, 11) is 0. The van der Waals surface area contributed by atoms with Crippen molar-refractivity contribution in [1.82, 2.24) is 0 Å². The highest BCUT2D eigenvalue weighted by Crippen LogP contribution is 2.39. The molecule has 0 spiro atoms. The average Bonchev–Trinajstić information content (AvgIpc) is 2.03. The van der Waals surface area contributed by atoms with E-state index in [0.29, 0.717) is 11.4 Å². The van der Waals surface area contributed by atoms with Crippen molar-refractivity contribution in [3.05, 3.63) is 33.8 Å². The molecule has 0 fully saturated rings. The average molecular weight is 323 g/mol. The van der Waals surface area contributed by atoms with E-state index in [-0.39, 0.29) is 0 Å². The predicted octanol–water partition coefficient (Wildman–Crippen LogP) is 5.01. The lowest BCUT2D eigenvalue weighted by Crippen LogP contribution is -2.00. The van der Waals surface area contributed by atoms with Gasteiger partial charge in [-0.2, -0.15) is 0 Å². The molecule has 13 heavy (non-hydrogen) atoms. The zero-order valence-electron chi connectivity index (χ0n) is 6.33. The van der Waals surface area contributed by atoms with Crippen LogP contribution in [0.2, 0.25) is 0 Å². The summed E-state index contributed by atoms with van der Waals surface area (Å²) in [4.78, 5) is 0. The summed E-state index contributed by atoms with van der Waals surface area (Å²) < 4.78 is -0.470. The standard InChI is InChI=1S/C8H5BrCl4/c9-7-2-1-6(8(11,12)13)3-5(7)4-10/h1-3H,4H2. The summed E-state index contributed by atoms with van der Waals surface area (Å²) in [5.41, 5.74) is 1.53. The van der Waals surface area contributed by atoms with Crippen molar-refractivity contribution in [2.45, 2.75) is 9.67 Å². The summed E-state index contributed by atoms with van der Waals surface area (Å²) in [6.45, 7) is 0. The van der Waals surface area contributed by atoms with Crippen LogP contribution in [0.15, 0.2) is 22.7 Å². The van der Waals surface area contributed by atoms with Gasteiger partial charge in [-0.25, -0.2) is 0 Å². The van der Waals surface area contributed by atoms with Crippen LogP contribution < -0.4 is 0 Å². The van der Waals surface area contributed by atoms with E-state index < -0.39 is 3.79 Å². The Morgan fingerprint density at radius 2 is 1.85 bits per heavy atom. The molecule has 0 aliphatic carbocycles. The van der Waals surface area contributed by atoms with Crippen LogP contribution in [0.25, 0.3) is 0 Å². The third kappa shape index (κ3) is 3.17. The molecule has 0 saturated carbocycles. The van der Waals surface area contributed by atoms with Crippen molar-refractivity contribution in [2.24, 2.45) is 0 Å². The van der Waals surface area contributed by atoms with Gasteiger partial charge in [-0.1, -0.05) is 56.8 Å². The third-order valence-electron chi connectivity index (χ3n) is 1.52. The number of hydrogen-bond donors (Lipinski definition) is 0. The SMILES string of the molecule is ClCc1cc(C(Cl)(Cl)Cl)ccc1Br. The zero-order valence-corrected chi connectivity index (χ0v) is 10.9. The van der Waals surface area contributed by atoms with E-state index in [4.69, 9.17) is 46.4 Å². The van der Waals surface area contributed by atoms with Crippen LogP contribution in [0.1, 0.15) is 11.1 Å². The summed E-state index contributed by atoms with van der Waals surface area (Å²) in [6.07, 6.45) is 0. The van der Waals surface area contributed by atoms with Gasteiger partial charge in [0.15, 0.2) is 0 Å². The van der Waals surface area contributed by atoms with E-state index in [1.165, 1.54) is 0 Å². The molecular formula is C8H5BrCl4. The molecule has 0 unspecified atom stereocenters. The first-order valence-corrected chi connectivity index (χ1v) is 5.83. The molecule has 0 heterocycles. The molecule has 1 aromatic carbocycles. The van der Waals surface area contributed by atoms with Gasteiger partial charge in [-0.05, 0) is 17.7 Å². The lowest BCUT2D eigenvalue weighted by Gasteiger charge is -2.12. The van der Waals surface area contributed by atoms with E-state index >= 15 is 0 Å². The maximum Gasteiger partial charge on any atom is 0.216 e. The molecule has 0 amide bonds. The monoisotopic (exact) mass is 320 g/mol. The van der Waals surface area contributed by atoms with Crippen LogP contribution in [-0.4, -0.2) is 0 Å². The Morgan fingerprint density at radius 3 is 2.31 bits per heavy atom. The first-order chi connectivity index (χ1) is 5.95. The van der Waals surface area contributed by atoms with Crippen molar-refractivity contribution in [3.8, 4) is 0 Å². The fourth-order valence-electron chi connectivity index (χ4n) is 0.853. The third-order valence-corrected chi connectivity index (χ3v) is 3.23.